The molecule has 96 valence electrons. The van der Waals surface area contributed by atoms with E-state index in [0.29, 0.717) is 10.6 Å². The monoisotopic (exact) mass is 275 g/mol. The highest BCUT2D eigenvalue weighted by Gasteiger charge is 2.07. The van der Waals surface area contributed by atoms with Crippen LogP contribution in [-0.4, -0.2) is 11.1 Å². The second-order valence-corrected chi connectivity index (χ2v) is 4.17. The van der Waals surface area contributed by atoms with E-state index in [9.17, 15) is 10.1 Å². The van der Waals surface area contributed by atoms with Gasteiger partial charge in [-0.15, -0.1) is 0 Å². The van der Waals surface area contributed by atoms with E-state index in [1.54, 1.807) is 6.07 Å². The van der Waals surface area contributed by atoms with Crippen molar-refractivity contribution in [3.63, 3.8) is 0 Å². The Bertz CT molecular complexity index is 615. The second kappa shape index (κ2) is 5.97. The van der Waals surface area contributed by atoms with Crippen LogP contribution in [-0.2, 0) is 0 Å². The number of nitro groups is 1. The number of halogens is 1. The van der Waals surface area contributed by atoms with Crippen molar-refractivity contribution in [1.82, 2.24) is 0 Å². The number of hydrogen-bond donors (Lipinski definition) is 1. The van der Waals surface area contributed by atoms with E-state index in [1.807, 2.05) is 30.3 Å². The summed E-state index contributed by atoms with van der Waals surface area (Å²) in [5.74, 6) is 0. The van der Waals surface area contributed by atoms with Gasteiger partial charge in [-0.25, -0.2) is 0 Å². The minimum absolute atomic E-state index is 0.0614. The van der Waals surface area contributed by atoms with Crippen molar-refractivity contribution in [2.45, 2.75) is 0 Å². The summed E-state index contributed by atoms with van der Waals surface area (Å²) in [6, 6.07) is 13.7. The second-order valence-electron chi connectivity index (χ2n) is 3.74. The van der Waals surface area contributed by atoms with Crippen LogP contribution >= 0.6 is 11.6 Å². The first-order valence-electron chi connectivity index (χ1n) is 5.44. The first-order valence-corrected chi connectivity index (χ1v) is 5.82. The lowest BCUT2D eigenvalue weighted by molar-refractivity contribution is -0.384. The van der Waals surface area contributed by atoms with Gasteiger partial charge in [-0.05, 0) is 18.2 Å². The smallest absolute Gasteiger partial charge is 0.271 e. The fourth-order valence-corrected chi connectivity index (χ4v) is 1.71. The summed E-state index contributed by atoms with van der Waals surface area (Å²) in [6.45, 7) is 0. The number of para-hydroxylation sites is 1. The molecule has 0 fully saturated rings. The number of hydrogen-bond acceptors (Lipinski definition) is 4. The average Bonchev–Trinajstić information content (AvgIpc) is 2.39. The standard InChI is InChI=1S/C13H10ClN3O2/c14-11-6-10(7-13(8-11)17(18)19)9-15-16-12-4-2-1-3-5-12/h1-9,16H. The first-order chi connectivity index (χ1) is 9.15. The van der Waals surface area contributed by atoms with Gasteiger partial charge in [0, 0.05) is 22.7 Å². The van der Waals surface area contributed by atoms with Crippen LogP contribution in [0.2, 0.25) is 5.02 Å². The zero-order chi connectivity index (χ0) is 13.7. The van der Waals surface area contributed by atoms with E-state index in [2.05, 4.69) is 10.5 Å². The molecule has 5 nitrogen and oxygen atoms in total. The molecule has 2 aromatic rings. The van der Waals surface area contributed by atoms with Crippen LogP contribution in [0.3, 0.4) is 0 Å². The van der Waals surface area contributed by atoms with Crippen LogP contribution < -0.4 is 5.43 Å². The molecule has 2 aromatic carbocycles. The molecule has 6 heteroatoms. The molecular formula is C13H10ClN3O2. The van der Waals surface area contributed by atoms with Gasteiger partial charge in [-0.2, -0.15) is 5.10 Å². The highest BCUT2D eigenvalue weighted by molar-refractivity contribution is 6.31. The minimum Gasteiger partial charge on any atom is -0.279 e. The lowest BCUT2D eigenvalue weighted by Gasteiger charge is -1.99. The van der Waals surface area contributed by atoms with E-state index in [0.717, 1.165) is 5.69 Å². The van der Waals surface area contributed by atoms with Crippen molar-refractivity contribution in [2.24, 2.45) is 5.10 Å². The molecule has 0 atom stereocenters. The molecule has 0 aliphatic heterocycles. The predicted molar refractivity (Wildman–Crippen MR) is 75.8 cm³/mol. The van der Waals surface area contributed by atoms with Gasteiger partial charge in [0.15, 0.2) is 0 Å². The Labute approximate surface area is 114 Å². The summed E-state index contributed by atoms with van der Waals surface area (Å²) >= 11 is 5.80. The highest BCUT2D eigenvalue weighted by Crippen LogP contribution is 2.19. The summed E-state index contributed by atoms with van der Waals surface area (Å²) in [4.78, 5) is 10.2. The summed E-state index contributed by atoms with van der Waals surface area (Å²) in [5.41, 5.74) is 4.14. The molecule has 0 unspecified atom stereocenters. The van der Waals surface area contributed by atoms with Crippen LogP contribution in [0.1, 0.15) is 5.56 Å². The van der Waals surface area contributed by atoms with Crippen molar-refractivity contribution in [3.05, 3.63) is 69.2 Å². The Morgan fingerprint density at radius 1 is 1.21 bits per heavy atom. The Hall–Kier alpha value is -2.40. The molecule has 0 bridgehead atoms. The quantitative estimate of drug-likeness (QED) is 0.525. The van der Waals surface area contributed by atoms with E-state index in [4.69, 9.17) is 11.6 Å². The van der Waals surface area contributed by atoms with Gasteiger partial charge in [0.1, 0.15) is 0 Å². The SMILES string of the molecule is O=[N+]([O-])c1cc(Cl)cc(C=NNc2ccccc2)c1. The largest absolute Gasteiger partial charge is 0.279 e. The number of hydrazone groups is 1. The number of non-ortho nitro benzene ring substituents is 1. The molecule has 0 radical (unpaired) electrons. The predicted octanol–water partition coefficient (Wildman–Crippen LogP) is 3.69. The van der Waals surface area contributed by atoms with Gasteiger partial charge in [0.25, 0.3) is 5.69 Å². The molecule has 0 aliphatic rings. The van der Waals surface area contributed by atoms with Gasteiger partial charge < -0.3 is 0 Å². The Morgan fingerprint density at radius 3 is 2.63 bits per heavy atom. The van der Waals surface area contributed by atoms with Crippen LogP contribution in [0.15, 0.2) is 53.6 Å². The summed E-state index contributed by atoms with van der Waals surface area (Å²) in [6.07, 6.45) is 1.48. The lowest BCUT2D eigenvalue weighted by atomic mass is 10.2. The number of nitrogens with one attached hydrogen (secondary N) is 1. The molecule has 19 heavy (non-hydrogen) atoms. The van der Waals surface area contributed by atoms with Crippen molar-refractivity contribution < 1.29 is 4.92 Å². The molecular weight excluding hydrogens is 266 g/mol. The van der Waals surface area contributed by atoms with Crippen molar-refractivity contribution in [1.29, 1.82) is 0 Å². The van der Waals surface area contributed by atoms with Gasteiger partial charge in [0.2, 0.25) is 0 Å². The number of rotatable bonds is 4. The van der Waals surface area contributed by atoms with E-state index in [1.165, 1.54) is 18.3 Å². The summed E-state index contributed by atoms with van der Waals surface area (Å²) in [7, 11) is 0. The third-order valence-corrected chi connectivity index (χ3v) is 2.51. The molecule has 0 saturated carbocycles. The van der Waals surface area contributed by atoms with Crippen molar-refractivity contribution in [3.8, 4) is 0 Å². The molecule has 0 heterocycles. The van der Waals surface area contributed by atoms with Crippen molar-refractivity contribution >= 4 is 29.2 Å². The molecule has 1 N–H and O–H groups in total. The topological polar surface area (TPSA) is 67.5 Å². The zero-order valence-electron chi connectivity index (χ0n) is 9.79. The van der Waals surface area contributed by atoms with Gasteiger partial charge in [-0.3, -0.25) is 15.5 Å². The van der Waals surface area contributed by atoms with Crippen LogP contribution in [0.25, 0.3) is 0 Å². The molecule has 0 spiro atoms. The van der Waals surface area contributed by atoms with Crippen LogP contribution in [0.4, 0.5) is 11.4 Å². The van der Waals surface area contributed by atoms with Gasteiger partial charge in [0.05, 0.1) is 16.8 Å². The van der Waals surface area contributed by atoms with Crippen LogP contribution in [0, 0.1) is 10.1 Å². The fraction of sp³-hybridized carbons (Fsp3) is 0. The van der Waals surface area contributed by atoms with Crippen molar-refractivity contribution in [2.75, 3.05) is 5.43 Å². The van der Waals surface area contributed by atoms with Gasteiger partial charge in [-0.1, -0.05) is 29.8 Å². The maximum absolute atomic E-state index is 10.7. The van der Waals surface area contributed by atoms with Gasteiger partial charge >= 0.3 is 0 Å². The number of anilines is 1. The zero-order valence-corrected chi connectivity index (χ0v) is 10.5. The first kappa shape index (κ1) is 13.0. The fourth-order valence-electron chi connectivity index (χ4n) is 1.47. The third-order valence-electron chi connectivity index (χ3n) is 2.30. The minimum atomic E-state index is -0.492. The average molecular weight is 276 g/mol. The molecule has 0 saturated heterocycles. The van der Waals surface area contributed by atoms with E-state index >= 15 is 0 Å². The normalized spacial score (nSPS) is 10.6. The number of nitro benzene ring substituents is 1. The number of benzene rings is 2. The third kappa shape index (κ3) is 3.79. The lowest BCUT2D eigenvalue weighted by Crippen LogP contribution is -1.93. The van der Waals surface area contributed by atoms with E-state index in [-0.39, 0.29) is 5.69 Å². The maximum atomic E-state index is 10.7. The number of nitrogens with zero attached hydrogens (tertiary/aromatic N) is 2. The maximum Gasteiger partial charge on any atom is 0.271 e. The highest BCUT2D eigenvalue weighted by atomic mass is 35.5. The Morgan fingerprint density at radius 2 is 1.95 bits per heavy atom. The molecule has 0 amide bonds. The molecule has 2 rings (SSSR count). The van der Waals surface area contributed by atoms with Crippen LogP contribution in [0.5, 0.6) is 0 Å². The Balaban J connectivity index is 2.12. The van der Waals surface area contributed by atoms with E-state index < -0.39 is 4.92 Å². The summed E-state index contributed by atoms with van der Waals surface area (Å²) < 4.78 is 0. The molecule has 0 aromatic heterocycles. The summed E-state index contributed by atoms with van der Waals surface area (Å²) in [5, 5.41) is 15.0. The Kier molecular flexibility index (Phi) is 4.10. The molecule has 0 aliphatic carbocycles.